The van der Waals surface area contributed by atoms with Gasteiger partial charge in [0.2, 0.25) is 5.95 Å². The maximum absolute atomic E-state index is 13.4. The summed E-state index contributed by atoms with van der Waals surface area (Å²) in [4.78, 5) is 0. The van der Waals surface area contributed by atoms with E-state index >= 15 is 0 Å². The van der Waals surface area contributed by atoms with Gasteiger partial charge in [-0.3, -0.25) is 4.57 Å². The van der Waals surface area contributed by atoms with E-state index in [1.807, 2.05) is 53.7 Å². The van der Waals surface area contributed by atoms with Crippen molar-refractivity contribution in [2.24, 2.45) is 0 Å². The van der Waals surface area contributed by atoms with E-state index in [1.54, 1.807) is 12.1 Å². The lowest BCUT2D eigenvalue weighted by atomic mass is 10.1. The maximum atomic E-state index is 13.4. The number of anilines is 2. The van der Waals surface area contributed by atoms with Gasteiger partial charge in [-0.05, 0) is 54.8 Å². The molecule has 0 saturated heterocycles. The SMILES string of the molecule is Cc1cnn(-c2ccc(C)c(Nc3nnc4n3C(c3ccc(F)cc3)COC4)c2)c1. The van der Waals surface area contributed by atoms with Crippen LogP contribution in [0.3, 0.4) is 0 Å². The van der Waals surface area contributed by atoms with Crippen LogP contribution < -0.4 is 5.32 Å². The van der Waals surface area contributed by atoms with Gasteiger partial charge in [-0.1, -0.05) is 18.2 Å². The Hall–Kier alpha value is -3.52. The summed E-state index contributed by atoms with van der Waals surface area (Å²) < 4.78 is 23.0. The van der Waals surface area contributed by atoms with Crippen LogP contribution in [-0.4, -0.2) is 31.2 Å². The second kappa shape index (κ2) is 7.38. The zero-order valence-corrected chi connectivity index (χ0v) is 16.7. The van der Waals surface area contributed by atoms with Crippen LogP contribution in [-0.2, 0) is 11.3 Å². The van der Waals surface area contributed by atoms with Gasteiger partial charge in [-0.2, -0.15) is 5.10 Å². The maximum Gasteiger partial charge on any atom is 0.229 e. The Morgan fingerprint density at radius 2 is 1.93 bits per heavy atom. The lowest BCUT2D eigenvalue weighted by Crippen LogP contribution is -2.25. The van der Waals surface area contributed by atoms with E-state index in [4.69, 9.17) is 4.74 Å². The van der Waals surface area contributed by atoms with Crippen LogP contribution in [0.15, 0.2) is 54.9 Å². The van der Waals surface area contributed by atoms with Crippen LogP contribution in [0.5, 0.6) is 0 Å². The third-order valence-corrected chi connectivity index (χ3v) is 5.28. The van der Waals surface area contributed by atoms with Crippen LogP contribution in [0.4, 0.5) is 16.0 Å². The first-order valence-corrected chi connectivity index (χ1v) is 9.75. The predicted octanol–water partition coefficient (Wildman–Crippen LogP) is 4.08. The van der Waals surface area contributed by atoms with E-state index in [1.165, 1.54) is 12.1 Å². The molecule has 0 fully saturated rings. The largest absolute Gasteiger partial charge is 0.371 e. The number of rotatable bonds is 4. The summed E-state index contributed by atoms with van der Waals surface area (Å²) in [6.07, 6.45) is 3.81. The molecule has 4 aromatic rings. The molecule has 0 spiro atoms. The summed E-state index contributed by atoms with van der Waals surface area (Å²) in [5.74, 6) is 1.09. The second-order valence-corrected chi connectivity index (χ2v) is 7.48. The molecule has 1 N–H and O–H groups in total. The molecule has 2 aromatic heterocycles. The molecule has 8 heteroatoms. The van der Waals surface area contributed by atoms with Gasteiger partial charge in [-0.15, -0.1) is 10.2 Å². The molecule has 0 radical (unpaired) electrons. The van der Waals surface area contributed by atoms with Crippen LogP contribution in [0.1, 0.15) is 28.6 Å². The van der Waals surface area contributed by atoms with E-state index in [0.717, 1.165) is 33.9 Å². The Morgan fingerprint density at radius 3 is 2.70 bits per heavy atom. The molecule has 0 saturated carbocycles. The number of nitrogens with one attached hydrogen (secondary N) is 1. The molecule has 3 heterocycles. The number of halogens is 1. The summed E-state index contributed by atoms with van der Waals surface area (Å²) in [6, 6.07) is 12.4. The van der Waals surface area contributed by atoms with Gasteiger partial charge in [0.1, 0.15) is 12.4 Å². The van der Waals surface area contributed by atoms with Crippen LogP contribution in [0.25, 0.3) is 5.69 Å². The van der Waals surface area contributed by atoms with Crippen molar-refractivity contribution in [1.29, 1.82) is 0 Å². The lowest BCUT2D eigenvalue weighted by molar-refractivity contribution is 0.0670. The molecular weight excluding hydrogens is 383 g/mol. The molecule has 7 nitrogen and oxygen atoms in total. The smallest absolute Gasteiger partial charge is 0.229 e. The fourth-order valence-corrected chi connectivity index (χ4v) is 3.66. The minimum absolute atomic E-state index is 0.135. The molecule has 1 aliphatic heterocycles. The Balaban J connectivity index is 1.51. The molecule has 1 aliphatic rings. The quantitative estimate of drug-likeness (QED) is 0.555. The summed E-state index contributed by atoms with van der Waals surface area (Å²) in [5.41, 5.74) is 4.98. The monoisotopic (exact) mass is 404 g/mol. The van der Waals surface area contributed by atoms with Crippen molar-refractivity contribution in [2.45, 2.75) is 26.5 Å². The number of ether oxygens (including phenoxy) is 1. The number of fused-ring (bicyclic) bond motifs is 1. The number of aryl methyl sites for hydroxylation is 2. The predicted molar refractivity (Wildman–Crippen MR) is 111 cm³/mol. The summed E-state index contributed by atoms with van der Waals surface area (Å²) in [7, 11) is 0. The average Bonchev–Trinajstić information content (AvgIpc) is 3.37. The molecule has 0 amide bonds. The highest BCUT2D eigenvalue weighted by atomic mass is 19.1. The number of hydrogen-bond acceptors (Lipinski definition) is 5. The fraction of sp³-hybridized carbons (Fsp3) is 0.227. The number of benzene rings is 2. The molecule has 2 aromatic carbocycles. The zero-order chi connectivity index (χ0) is 20.7. The van der Waals surface area contributed by atoms with E-state index in [0.29, 0.717) is 19.2 Å². The summed E-state index contributed by atoms with van der Waals surface area (Å²) in [6.45, 7) is 4.90. The molecule has 0 aliphatic carbocycles. The zero-order valence-electron chi connectivity index (χ0n) is 16.7. The highest BCUT2D eigenvalue weighted by Crippen LogP contribution is 2.31. The number of nitrogens with zero attached hydrogens (tertiary/aromatic N) is 5. The minimum Gasteiger partial charge on any atom is -0.371 e. The van der Waals surface area contributed by atoms with Gasteiger partial charge in [0.15, 0.2) is 5.82 Å². The average molecular weight is 404 g/mol. The van der Waals surface area contributed by atoms with Crippen molar-refractivity contribution in [3.63, 3.8) is 0 Å². The van der Waals surface area contributed by atoms with Gasteiger partial charge in [0.25, 0.3) is 0 Å². The van der Waals surface area contributed by atoms with Crippen LogP contribution in [0.2, 0.25) is 0 Å². The van der Waals surface area contributed by atoms with Crippen molar-refractivity contribution >= 4 is 11.6 Å². The van der Waals surface area contributed by atoms with Crippen molar-refractivity contribution in [1.82, 2.24) is 24.5 Å². The van der Waals surface area contributed by atoms with Gasteiger partial charge >= 0.3 is 0 Å². The Bertz CT molecular complexity index is 1200. The molecule has 5 rings (SSSR count). The van der Waals surface area contributed by atoms with Crippen molar-refractivity contribution in [3.8, 4) is 5.69 Å². The molecule has 1 atom stereocenters. The van der Waals surface area contributed by atoms with Crippen molar-refractivity contribution in [2.75, 3.05) is 11.9 Å². The Kier molecular flexibility index (Phi) is 4.55. The first kappa shape index (κ1) is 18.5. The van der Waals surface area contributed by atoms with Crippen molar-refractivity contribution in [3.05, 3.63) is 83.2 Å². The summed E-state index contributed by atoms with van der Waals surface area (Å²) >= 11 is 0. The first-order valence-electron chi connectivity index (χ1n) is 9.75. The third-order valence-electron chi connectivity index (χ3n) is 5.28. The Labute approximate surface area is 173 Å². The molecule has 0 bridgehead atoms. The van der Waals surface area contributed by atoms with E-state index < -0.39 is 0 Å². The van der Waals surface area contributed by atoms with Crippen molar-refractivity contribution < 1.29 is 9.13 Å². The second-order valence-electron chi connectivity index (χ2n) is 7.48. The van der Waals surface area contributed by atoms with Crippen LogP contribution in [0, 0.1) is 19.7 Å². The minimum atomic E-state index is -0.265. The highest BCUT2D eigenvalue weighted by Gasteiger charge is 2.27. The lowest BCUT2D eigenvalue weighted by Gasteiger charge is -2.27. The molecule has 30 heavy (non-hydrogen) atoms. The molecule has 152 valence electrons. The topological polar surface area (TPSA) is 69.8 Å². The van der Waals surface area contributed by atoms with Gasteiger partial charge in [0, 0.05) is 11.9 Å². The van der Waals surface area contributed by atoms with E-state index in [-0.39, 0.29) is 11.9 Å². The third kappa shape index (κ3) is 3.35. The van der Waals surface area contributed by atoms with Crippen LogP contribution >= 0.6 is 0 Å². The van der Waals surface area contributed by atoms with Gasteiger partial charge in [0.05, 0.1) is 24.5 Å². The standard InChI is InChI=1S/C22H21FN6O/c1-14-10-24-28(11-14)18-8-3-15(2)19(9-18)25-22-27-26-21-13-30-12-20(29(21)22)16-4-6-17(23)7-5-16/h3-11,20H,12-13H2,1-2H3,(H,25,27). The van der Waals surface area contributed by atoms with Gasteiger partial charge in [-0.25, -0.2) is 9.07 Å². The first-order chi connectivity index (χ1) is 14.6. The van der Waals surface area contributed by atoms with Gasteiger partial charge < -0.3 is 10.1 Å². The number of aromatic nitrogens is 5. The normalized spacial score (nSPS) is 15.8. The number of hydrogen-bond donors (Lipinski definition) is 1. The van der Waals surface area contributed by atoms with E-state index in [2.05, 4.69) is 20.6 Å². The van der Waals surface area contributed by atoms with E-state index in [9.17, 15) is 4.39 Å². The molecule has 1 unspecified atom stereocenters. The highest BCUT2D eigenvalue weighted by molar-refractivity contribution is 5.62. The Morgan fingerprint density at radius 1 is 1.10 bits per heavy atom. The fourth-order valence-electron chi connectivity index (χ4n) is 3.66. The molecular formula is C22H21FN6O. The summed E-state index contributed by atoms with van der Waals surface area (Å²) in [5, 5.41) is 16.5.